The Morgan fingerprint density at radius 2 is 2.22 bits per heavy atom. The maximum absolute atomic E-state index is 12.0. The highest BCUT2D eigenvalue weighted by atomic mass is 16.2. The number of likely N-dealkylation sites (tertiary alicyclic amines) is 1. The van der Waals surface area contributed by atoms with Gasteiger partial charge in [-0.25, -0.2) is 0 Å². The number of nitrogen functional groups attached to an aromatic ring is 1. The Morgan fingerprint density at radius 3 is 3.04 bits per heavy atom. The van der Waals surface area contributed by atoms with Crippen LogP contribution in [0.25, 0.3) is 11.0 Å². The second-order valence-corrected chi connectivity index (χ2v) is 6.23. The predicted molar refractivity (Wildman–Crippen MR) is 88.9 cm³/mol. The average Bonchev–Trinajstić information content (AvgIpc) is 3.18. The van der Waals surface area contributed by atoms with E-state index >= 15 is 0 Å². The Labute approximate surface area is 134 Å². The van der Waals surface area contributed by atoms with Crippen LogP contribution in [0.5, 0.6) is 0 Å². The number of amides is 1. The molecule has 0 unspecified atom stereocenters. The van der Waals surface area contributed by atoms with Crippen molar-refractivity contribution in [2.24, 2.45) is 5.92 Å². The van der Waals surface area contributed by atoms with Crippen LogP contribution < -0.4 is 10.6 Å². The van der Waals surface area contributed by atoms with Crippen LogP contribution in [0.2, 0.25) is 0 Å². The third kappa shape index (κ3) is 2.23. The largest absolute Gasteiger partial charge is 0.368 e. The number of fused-ring (bicyclic) bond motifs is 2. The first-order valence-electron chi connectivity index (χ1n) is 7.96. The minimum atomic E-state index is 0.00397. The molecule has 7 heteroatoms. The van der Waals surface area contributed by atoms with Crippen LogP contribution >= 0.6 is 0 Å². The van der Waals surface area contributed by atoms with Crippen LogP contribution in [0.1, 0.15) is 12.8 Å². The molecule has 0 bridgehead atoms. The van der Waals surface area contributed by atoms with Gasteiger partial charge in [0.15, 0.2) is 0 Å². The van der Waals surface area contributed by atoms with Crippen molar-refractivity contribution in [2.75, 3.05) is 30.3 Å². The monoisotopic (exact) mass is 312 g/mol. The van der Waals surface area contributed by atoms with Crippen LogP contribution in [-0.2, 0) is 4.79 Å². The van der Waals surface area contributed by atoms with Crippen LogP contribution in [0.15, 0.2) is 24.9 Å². The molecule has 3 N–H and O–H groups in total. The van der Waals surface area contributed by atoms with Gasteiger partial charge in [0.1, 0.15) is 11.5 Å². The van der Waals surface area contributed by atoms with Gasteiger partial charge in [0.25, 0.3) is 0 Å². The van der Waals surface area contributed by atoms with E-state index in [1.165, 1.54) is 6.08 Å². The number of rotatable bonds is 2. The van der Waals surface area contributed by atoms with E-state index in [9.17, 15) is 4.79 Å². The number of piperidine rings is 1. The summed E-state index contributed by atoms with van der Waals surface area (Å²) in [5.41, 5.74) is 6.63. The number of hydrogen-bond acceptors (Lipinski definition) is 5. The van der Waals surface area contributed by atoms with Crippen molar-refractivity contribution >= 4 is 28.7 Å². The van der Waals surface area contributed by atoms with Crippen molar-refractivity contribution < 1.29 is 4.79 Å². The lowest BCUT2D eigenvalue weighted by molar-refractivity contribution is -0.127. The van der Waals surface area contributed by atoms with Crippen LogP contribution in [0.3, 0.4) is 0 Å². The Balaban J connectivity index is 1.69. The van der Waals surface area contributed by atoms with E-state index < -0.39 is 0 Å². The fraction of sp³-hybridized carbons (Fsp3) is 0.438. The molecule has 2 aromatic heterocycles. The SMILES string of the molecule is C=CC(=O)N1CC[C@@H]2CCN(c3nc(N)nc4[nH]ccc34)[C@@H]2C1. The number of carbonyl (C=O) groups is 1. The molecule has 7 nitrogen and oxygen atoms in total. The highest BCUT2D eigenvalue weighted by molar-refractivity contribution is 5.89. The van der Waals surface area contributed by atoms with Crippen molar-refractivity contribution in [1.82, 2.24) is 19.9 Å². The average molecular weight is 312 g/mol. The van der Waals surface area contributed by atoms with Gasteiger partial charge in [0.05, 0.1) is 11.4 Å². The molecule has 0 aromatic carbocycles. The third-order valence-corrected chi connectivity index (χ3v) is 5.03. The van der Waals surface area contributed by atoms with Crippen molar-refractivity contribution in [3.63, 3.8) is 0 Å². The Bertz CT molecular complexity index is 769. The fourth-order valence-corrected chi connectivity index (χ4v) is 3.89. The summed E-state index contributed by atoms with van der Waals surface area (Å²) in [6, 6.07) is 2.26. The quantitative estimate of drug-likeness (QED) is 0.812. The maximum Gasteiger partial charge on any atom is 0.246 e. The summed E-state index contributed by atoms with van der Waals surface area (Å²) < 4.78 is 0. The zero-order valence-corrected chi connectivity index (χ0v) is 12.9. The molecule has 23 heavy (non-hydrogen) atoms. The number of carbonyl (C=O) groups excluding carboxylic acids is 1. The molecule has 0 saturated carbocycles. The molecule has 0 radical (unpaired) electrons. The molecule has 2 aliphatic rings. The van der Waals surface area contributed by atoms with Crippen LogP contribution in [0.4, 0.5) is 11.8 Å². The minimum Gasteiger partial charge on any atom is -0.368 e. The molecular formula is C16H20N6O. The molecular weight excluding hydrogens is 292 g/mol. The first-order chi connectivity index (χ1) is 11.2. The van der Waals surface area contributed by atoms with Gasteiger partial charge in [-0.3, -0.25) is 4.79 Å². The van der Waals surface area contributed by atoms with E-state index in [4.69, 9.17) is 5.73 Å². The standard InChI is InChI=1S/C16H20N6O/c1-2-13(23)21-7-4-10-5-8-22(12(10)9-21)15-11-3-6-18-14(11)19-16(17)20-15/h2-3,6,10,12H,1,4-5,7-9H2,(H3,17,18,19,20)/t10-,12-/m1/s1. The van der Waals surface area contributed by atoms with Gasteiger partial charge >= 0.3 is 0 Å². The first-order valence-corrected chi connectivity index (χ1v) is 7.96. The van der Waals surface area contributed by atoms with Gasteiger partial charge in [-0.2, -0.15) is 9.97 Å². The van der Waals surface area contributed by atoms with E-state index in [2.05, 4.69) is 26.4 Å². The first kappa shape index (κ1) is 14.0. The summed E-state index contributed by atoms with van der Waals surface area (Å²) >= 11 is 0. The normalized spacial score (nSPS) is 24.0. The second-order valence-electron chi connectivity index (χ2n) is 6.23. The van der Waals surface area contributed by atoms with E-state index in [0.717, 1.165) is 42.8 Å². The van der Waals surface area contributed by atoms with Crippen molar-refractivity contribution in [1.29, 1.82) is 0 Å². The molecule has 2 aromatic rings. The van der Waals surface area contributed by atoms with E-state index in [0.29, 0.717) is 12.5 Å². The molecule has 4 heterocycles. The van der Waals surface area contributed by atoms with Gasteiger partial charge in [-0.1, -0.05) is 6.58 Å². The molecule has 1 amide bonds. The minimum absolute atomic E-state index is 0.00397. The summed E-state index contributed by atoms with van der Waals surface area (Å²) in [6.45, 7) is 6.06. The summed E-state index contributed by atoms with van der Waals surface area (Å²) in [6.07, 6.45) is 5.39. The number of H-pyrrole nitrogens is 1. The molecule has 120 valence electrons. The Morgan fingerprint density at radius 1 is 1.39 bits per heavy atom. The molecule has 0 aliphatic carbocycles. The van der Waals surface area contributed by atoms with Crippen molar-refractivity contribution in [3.8, 4) is 0 Å². The summed E-state index contributed by atoms with van der Waals surface area (Å²) in [7, 11) is 0. The van der Waals surface area contributed by atoms with Crippen LogP contribution in [0, 0.1) is 5.92 Å². The van der Waals surface area contributed by atoms with Gasteiger partial charge in [0, 0.05) is 25.8 Å². The number of nitrogens with zero attached hydrogens (tertiary/aromatic N) is 4. The molecule has 4 rings (SSSR count). The third-order valence-electron chi connectivity index (χ3n) is 5.03. The number of hydrogen-bond donors (Lipinski definition) is 2. The molecule has 0 spiro atoms. The van der Waals surface area contributed by atoms with E-state index in [-0.39, 0.29) is 17.9 Å². The highest BCUT2D eigenvalue weighted by Gasteiger charge is 2.40. The summed E-state index contributed by atoms with van der Waals surface area (Å²) in [5.74, 6) is 1.74. The summed E-state index contributed by atoms with van der Waals surface area (Å²) in [5, 5.41) is 0.979. The number of aromatic nitrogens is 3. The van der Waals surface area contributed by atoms with E-state index in [1.807, 2.05) is 17.2 Å². The predicted octanol–water partition coefficient (Wildman–Crippen LogP) is 1.15. The van der Waals surface area contributed by atoms with Crippen molar-refractivity contribution in [2.45, 2.75) is 18.9 Å². The second kappa shape index (κ2) is 5.26. The van der Waals surface area contributed by atoms with Gasteiger partial charge in [0.2, 0.25) is 11.9 Å². The summed E-state index contributed by atoms with van der Waals surface area (Å²) in [4.78, 5) is 28.0. The van der Waals surface area contributed by atoms with Gasteiger partial charge < -0.3 is 20.5 Å². The molecule has 2 saturated heterocycles. The lowest BCUT2D eigenvalue weighted by Gasteiger charge is -2.38. The zero-order valence-electron chi connectivity index (χ0n) is 12.9. The number of nitrogens with one attached hydrogen (secondary N) is 1. The number of anilines is 2. The molecule has 2 aliphatic heterocycles. The smallest absolute Gasteiger partial charge is 0.246 e. The number of aromatic amines is 1. The van der Waals surface area contributed by atoms with Gasteiger partial charge in [-0.15, -0.1) is 0 Å². The Hall–Kier alpha value is -2.57. The van der Waals surface area contributed by atoms with Crippen molar-refractivity contribution in [3.05, 3.63) is 24.9 Å². The topological polar surface area (TPSA) is 91.1 Å². The lowest BCUT2D eigenvalue weighted by Crippen LogP contribution is -2.50. The highest BCUT2D eigenvalue weighted by Crippen LogP contribution is 2.37. The van der Waals surface area contributed by atoms with Gasteiger partial charge in [-0.05, 0) is 30.9 Å². The maximum atomic E-state index is 12.0. The lowest BCUT2D eigenvalue weighted by atomic mass is 9.92. The Kier molecular flexibility index (Phi) is 3.21. The molecule has 2 atom stereocenters. The fourth-order valence-electron chi connectivity index (χ4n) is 3.89. The number of nitrogens with two attached hydrogens (primary N) is 1. The zero-order chi connectivity index (χ0) is 16.0. The van der Waals surface area contributed by atoms with E-state index in [1.54, 1.807) is 0 Å². The molecule has 2 fully saturated rings. The van der Waals surface area contributed by atoms with Crippen LogP contribution in [-0.4, -0.2) is 51.4 Å².